The van der Waals surface area contributed by atoms with Crippen LogP contribution in [-0.2, 0) is 14.3 Å². The van der Waals surface area contributed by atoms with Gasteiger partial charge in [0, 0.05) is 6.61 Å². The highest BCUT2D eigenvalue weighted by Crippen LogP contribution is 2.25. The average molecular weight is 186 g/mol. The lowest BCUT2D eigenvalue weighted by Crippen LogP contribution is -2.17. The zero-order valence-corrected chi connectivity index (χ0v) is 8.25. The summed E-state index contributed by atoms with van der Waals surface area (Å²) in [6.45, 7) is 3.54. The van der Waals surface area contributed by atoms with E-state index >= 15 is 0 Å². The second-order valence-corrected chi connectivity index (χ2v) is 3.35. The van der Waals surface area contributed by atoms with Gasteiger partial charge in [-0.2, -0.15) is 0 Å². The molecule has 1 fully saturated rings. The van der Waals surface area contributed by atoms with Crippen LogP contribution in [0.15, 0.2) is 0 Å². The zero-order valence-electron chi connectivity index (χ0n) is 8.25. The fraction of sp³-hybridized carbons (Fsp3) is 0.900. The number of esters is 1. The van der Waals surface area contributed by atoms with Gasteiger partial charge in [-0.05, 0) is 19.8 Å². The first kappa shape index (κ1) is 10.5. The number of carbonyl (C=O) groups excluding carboxylic acids is 1. The van der Waals surface area contributed by atoms with Gasteiger partial charge < -0.3 is 9.47 Å². The van der Waals surface area contributed by atoms with Crippen molar-refractivity contribution in [2.75, 3.05) is 19.8 Å². The Morgan fingerprint density at radius 3 is 2.62 bits per heavy atom. The van der Waals surface area contributed by atoms with Crippen LogP contribution in [0.2, 0.25) is 0 Å². The fourth-order valence-electron chi connectivity index (χ4n) is 1.62. The van der Waals surface area contributed by atoms with E-state index in [4.69, 9.17) is 9.47 Å². The van der Waals surface area contributed by atoms with Gasteiger partial charge in [0.1, 0.15) is 6.61 Å². The molecule has 0 aliphatic heterocycles. The Kier molecular flexibility index (Phi) is 4.83. The molecule has 0 unspecified atom stereocenters. The van der Waals surface area contributed by atoms with Crippen molar-refractivity contribution in [3.8, 4) is 0 Å². The second-order valence-electron chi connectivity index (χ2n) is 3.35. The lowest BCUT2D eigenvalue weighted by molar-refractivity contribution is -0.149. The van der Waals surface area contributed by atoms with Crippen molar-refractivity contribution in [1.82, 2.24) is 0 Å². The minimum absolute atomic E-state index is 0.0304. The molecule has 0 bridgehead atoms. The molecule has 1 rings (SSSR count). The zero-order chi connectivity index (χ0) is 9.52. The molecular weight excluding hydrogens is 168 g/mol. The molecule has 1 aliphatic carbocycles. The van der Waals surface area contributed by atoms with E-state index in [0.29, 0.717) is 19.8 Å². The van der Waals surface area contributed by atoms with E-state index in [9.17, 15) is 4.79 Å². The molecule has 0 saturated heterocycles. The largest absolute Gasteiger partial charge is 0.463 e. The van der Waals surface area contributed by atoms with Crippen molar-refractivity contribution in [2.24, 2.45) is 5.92 Å². The molecule has 0 amide bonds. The number of hydrogen-bond donors (Lipinski definition) is 0. The Hall–Kier alpha value is -0.570. The standard InChI is InChI=1S/C10H18O3/c1-2-12-7-8-13-10(11)9-5-3-4-6-9/h9H,2-8H2,1H3. The van der Waals surface area contributed by atoms with Gasteiger partial charge in [0.05, 0.1) is 12.5 Å². The molecule has 0 N–H and O–H groups in total. The molecular formula is C10H18O3. The Balaban J connectivity index is 2.03. The molecule has 0 aromatic rings. The van der Waals surface area contributed by atoms with Gasteiger partial charge in [-0.1, -0.05) is 12.8 Å². The third-order valence-electron chi connectivity index (χ3n) is 2.36. The highest BCUT2D eigenvalue weighted by atomic mass is 16.6. The lowest BCUT2D eigenvalue weighted by Gasteiger charge is -2.08. The predicted molar refractivity (Wildman–Crippen MR) is 49.4 cm³/mol. The molecule has 0 atom stereocenters. The van der Waals surface area contributed by atoms with E-state index in [1.807, 2.05) is 6.92 Å². The lowest BCUT2D eigenvalue weighted by atomic mass is 10.1. The van der Waals surface area contributed by atoms with Gasteiger partial charge in [0.15, 0.2) is 0 Å². The summed E-state index contributed by atoms with van der Waals surface area (Å²) in [5.74, 6) is 0.138. The van der Waals surface area contributed by atoms with Gasteiger partial charge in [-0.15, -0.1) is 0 Å². The minimum Gasteiger partial charge on any atom is -0.463 e. The summed E-state index contributed by atoms with van der Waals surface area (Å²) in [7, 11) is 0. The SMILES string of the molecule is CCOCCOC(=O)C1CCCC1. The van der Waals surface area contributed by atoms with Crippen LogP contribution in [0, 0.1) is 5.92 Å². The number of rotatable bonds is 5. The molecule has 0 spiro atoms. The summed E-state index contributed by atoms with van der Waals surface area (Å²) in [6, 6.07) is 0. The average Bonchev–Trinajstić information content (AvgIpc) is 2.65. The van der Waals surface area contributed by atoms with Gasteiger partial charge in [0.2, 0.25) is 0 Å². The fourth-order valence-corrected chi connectivity index (χ4v) is 1.62. The number of hydrogen-bond acceptors (Lipinski definition) is 3. The molecule has 1 aliphatic rings. The maximum atomic E-state index is 11.3. The van der Waals surface area contributed by atoms with E-state index < -0.39 is 0 Å². The number of carbonyl (C=O) groups is 1. The first-order chi connectivity index (χ1) is 6.34. The van der Waals surface area contributed by atoms with Crippen molar-refractivity contribution >= 4 is 5.97 Å². The summed E-state index contributed by atoms with van der Waals surface area (Å²) in [6.07, 6.45) is 4.36. The van der Waals surface area contributed by atoms with Gasteiger partial charge in [-0.25, -0.2) is 0 Å². The topological polar surface area (TPSA) is 35.5 Å². The van der Waals surface area contributed by atoms with E-state index in [2.05, 4.69) is 0 Å². The maximum absolute atomic E-state index is 11.3. The van der Waals surface area contributed by atoms with E-state index in [1.165, 1.54) is 12.8 Å². The first-order valence-corrected chi connectivity index (χ1v) is 5.09. The van der Waals surface area contributed by atoms with Crippen molar-refractivity contribution < 1.29 is 14.3 Å². The molecule has 0 heterocycles. The van der Waals surface area contributed by atoms with Crippen molar-refractivity contribution in [2.45, 2.75) is 32.6 Å². The van der Waals surface area contributed by atoms with Crippen LogP contribution < -0.4 is 0 Å². The molecule has 1 saturated carbocycles. The monoisotopic (exact) mass is 186 g/mol. The van der Waals surface area contributed by atoms with E-state index in [1.54, 1.807) is 0 Å². The maximum Gasteiger partial charge on any atom is 0.309 e. The molecule has 0 aromatic carbocycles. The van der Waals surface area contributed by atoms with Crippen LogP contribution in [0.25, 0.3) is 0 Å². The van der Waals surface area contributed by atoms with Crippen LogP contribution >= 0.6 is 0 Å². The quantitative estimate of drug-likeness (QED) is 0.485. The van der Waals surface area contributed by atoms with E-state index in [0.717, 1.165) is 12.8 Å². The Labute approximate surface area is 79.4 Å². The molecule has 3 nitrogen and oxygen atoms in total. The normalized spacial score (nSPS) is 17.6. The highest BCUT2D eigenvalue weighted by Gasteiger charge is 2.23. The Bertz CT molecular complexity index is 150. The third-order valence-corrected chi connectivity index (χ3v) is 2.36. The highest BCUT2D eigenvalue weighted by molar-refractivity contribution is 5.72. The smallest absolute Gasteiger partial charge is 0.309 e. The summed E-state index contributed by atoms with van der Waals surface area (Å²) < 4.78 is 10.1. The van der Waals surface area contributed by atoms with Crippen molar-refractivity contribution in [1.29, 1.82) is 0 Å². The van der Waals surface area contributed by atoms with Crippen molar-refractivity contribution in [3.05, 3.63) is 0 Å². The van der Waals surface area contributed by atoms with Gasteiger partial charge >= 0.3 is 5.97 Å². The van der Waals surface area contributed by atoms with Crippen LogP contribution in [0.3, 0.4) is 0 Å². The minimum atomic E-state index is -0.0304. The molecule has 0 aromatic heterocycles. The Morgan fingerprint density at radius 1 is 1.31 bits per heavy atom. The summed E-state index contributed by atoms with van der Waals surface area (Å²) >= 11 is 0. The van der Waals surface area contributed by atoms with Crippen LogP contribution in [0.1, 0.15) is 32.6 Å². The molecule has 3 heteroatoms. The summed E-state index contributed by atoms with van der Waals surface area (Å²) in [5.41, 5.74) is 0. The first-order valence-electron chi connectivity index (χ1n) is 5.09. The van der Waals surface area contributed by atoms with Crippen LogP contribution in [0.4, 0.5) is 0 Å². The molecule has 76 valence electrons. The second kappa shape index (κ2) is 5.97. The summed E-state index contributed by atoms with van der Waals surface area (Å²) in [5, 5.41) is 0. The van der Waals surface area contributed by atoms with Crippen LogP contribution in [-0.4, -0.2) is 25.8 Å². The third kappa shape index (κ3) is 3.77. The molecule has 0 radical (unpaired) electrons. The van der Waals surface area contributed by atoms with Gasteiger partial charge in [0.25, 0.3) is 0 Å². The van der Waals surface area contributed by atoms with Gasteiger partial charge in [-0.3, -0.25) is 4.79 Å². The van der Waals surface area contributed by atoms with Crippen molar-refractivity contribution in [3.63, 3.8) is 0 Å². The summed E-state index contributed by atoms with van der Waals surface area (Å²) in [4.78, 5) is 11.3. The van der Waals surface area contributed by atoms with E-state index in [-0.39, 0.29) is 11.9 Å². The van der Waals surface area contributed by atoms with Crippen LogP contribution in [0.5, 0.6) is 0 Å². The predicted octanol–water partition coefficient (Wildman–Crippen LogP) is 1.76. The number of ether oxygens (including phenoxy) is 2. The molecule has 13 heavy (non-hydrogen) atoms. The Morgan fingerprint density at radius 2 is 2.00 bits per heavy atom.